The van der Waals surface area contributed by atoms with Crippen molar-refractivity contribution in [2.45, 2.75) is 32.8 Å². The van der Waals surface area contributed by atoms with Crippen molar-refractivity contribution in [2.24, 2.45) is 5.10 Å². The molecule has 2 N–H and O–H groups in total. The molecule has 25 heavy (non-hydrogen) atoms. The number of nitrogens with one attached hydrogen (secondary N) is 2. The maximum Gasteiger partial charge on any atom is 0.335 e. The van der Waals surface area contributed by atoms with Gasteiger partial charge in [0.25, 0.3) is 0 Å². The van der Waals surface area contributed by atoms with Crippen LogP contribution in [0.3, 0.4) is 0 Å². The number of para-hydroxylation sites is 1. The normalized spacial score (nSPS) is 17.7. The van der Waals surface area contributed by atoms with E-state index in [2.05, 4.69) is 15.8 Å². The van der Waals surface area contributed by atoms with Crippen LogP contribution >= 0.6 is 0 Å². The predicted molar refractivity (Wildman–Crippen MR) is 95.1 cm³/mol. The molecule has 1 atom stereocenters. The second-order valence-electron chi connectivity index (χ2n) is 5.87. The number of hydrogen-bond acceptors (Lipinski definition) is 5. The van der Waals surface area contributed by atoms with Crippen LogP contribution in [0.25, 0.3) is 11.0 Å². The molecule has 0 bridgehead atoms. The third-order valence-electron chi connectivity index (χ3n) is 4.00. The lowest BCUT2D eigenvalue weighted by molar-refractivity contribution is 0.111. The Balaban J connectivity index is 1.62. The Morgan fingerprint density at radius 3 is 3.08 bits per heavy atom. The number of amides is 2. The maximum absolute atomic E-state index is 11.8. The van der Waals surface area contributed by atoms with Gasteiger partial charge in [-0.25, -0.2) is 10.2 Å². The van der Waals surface area contributed by atoms with Gasteiger partial charge >= 0.3 is 6.03 Å². The van der Waals surface area contributed by atoms with Gasteiger partial charge in [-0.2, -0.15) is 5.10 Å². The van der Waals surface area contributed by atoms with Crippen LogP contribution < -0.4 is 15.5 Å². The van der Waals surface area contributed by atoms with E-state index in [0.717, 1.165) is 24.8 Å². The Kier molecular flexibility index (Phi) is 5.55. The Labute approximate surface area is 146 Å². The number of fused-ring (bicyclic) bond motifs is 1. The SMILES string of the molecule is CCOc1cccc2cc(C(C)=NNC(=O)NCC3CCCO3)oc12. The number of hydrazone groups is 1. The zero-order valence-corrected chi connectivity index (χ0v) is 14.5. The van der Waals surface area contributed by atoms with Gasteiger partial charge in [-0.15, -0.1) is 0 Å². The summed E-state index contributed by atoms with van der Waals surface area (Å²) < 4.78 is 16.9. The standard InChI is InChI=1S/C18H23N3O4/c1-3-23-15-8-4-6-13-10-16(25-17(13)15)12(2)20-21-18(22)19-11-14-7-5-9-24-14/h4,6,8,10,14H,3,5,7,9,11H2,1-2H3,(H2,19,21,22). The molecule has 2 aromatic rings. The molecule has 1 aliphatic heterocycles. The second-order valence-corrected chi connectivity index (χ2v) is 5.87. The van der Waals surface area contributed by atoms with Gasteiger partial charge in [0, 0.05) is 18.5 Å². The molecule has 2 amide bonds. The van der Waals surface area contributed by atoms with Crippen molar-refractivity contribution < 1.29 is 18.7 Å². The smallest absolute Gasteiger partial charge is 0.335 e. The van der Waals surface area contributed by atoms with E-state index in [-0.39, 0.29) is 12.1 Å². The highest BCUT2D eigenvalue weighted by atomic mass is 16.5. The van der Waals surface area contributed by atoms with Gasteiger partial charge < -0.3 is 19.2 Å². The molecule has 0 radical (unpaired) electrons. The minimum atomic E-state index is -0.360. The van der Waals surface area contributed by atoms with Gasteiger partial charge in [0.15, 0.2) is 17.1 Å². The number of urea groups is 1. The number of nitrogens with zero attached hydrogens (tertiary/aromatic N) is 1. The summed E-state index contributed by atoms with van der Waals surface area (Å²) >= 11 is 0. The topological polar surface area (TPSA) is 85.1 Å². The van der Waals surface area contributed by atoms with Crippen LogP contribution in [-0.4, -0.2) is 37.6 Å². The van der Waals surface area contributed by atoms with Crippen LogP contribution in [-0.2, 0) is 4.74 Å². The van der Waals surface area contributed by atoms with E-state index in [9.17, 15) is 4.79 Å². The van der Waals surface area contributed by atoms with Crippen molar-refractivity contribution in [1.82, 2.24) is 10.7 Å². The minimum absolute atomic E-state index is 0.100. The third-order valence-corrected chi connectivity index (χ3v) is 4.00. The number of benzene rings is 1. The van der Waals surface area contributed by atoms with Crippen LogP contribution in [0.5, 0.6) is 5.75 Å². The van der Waals surface area contributed by atoms with E-state index >= 15 is 0 Å². The minimum Gasteiger partial charge on any atom is -0.490 e. The summed E-state index contributed by atoms with van der Waals surface area (Å²) in [5, 5.41) is 7.77. The zero-order valence-electron chi connectivity index (χ0n) is 14.5. The molecule has 1 aliphatic rings. The Morgan fingerprint density at radius 2 is 2.32 bits per heavy atom. The lowest BCUT2D eigenvalue weighted by atomic mass is 10.2. The van der Waals surface area contributed by atoms with E-state index in [1.165, 1.54) is 0 Å². The summed E-state index contributed by atoms with van der Waals surface area (Å²) in [4.78, 5) is 11.8. The summed E-state index contributed by atoms with van der Waals surface area (Å²) in [7, 11) is 0. The number of furan rings is 1. The lowest BCUT2D eigenvalue weighted by Gasteiger charge is -2.10. The molecule has 134 valence electrons. The number of rotatable bonds is 6. The van der Waals surface area contributed by atoms with Gasteiger partial charge in [-0.05, 0) is 38.8 Å². The van der Waals surface area contributed by atoms with Crippen LogP contribution in [0.15, 0.2) is 33.8 Å². The molecule has 2 heterocycles. The number of ether oxygens (including phenoxy) is 2. The maximum atomic E-state index is 11.8. The van der Waals surface area contributed by atoms with E-state index < -0.39 is 0 Å². The Morgan fingerprint density at radius 1 is 1.44 bits per heavy atom. The monoisotopic (exact) mass is 345 g/mol. The summed E-state index contributed by atoms with van der Waals surface area (Å²) in [6.45, 7) is 5.52. The highest BCUT2D eigenvalue weighted by Crippen LogP contribution is 2.29. The highest BCUT2D eigenvalue weighted by molar-refractivity contribution is 6.00. The molecule has 3 rings (SSSR count). The first-order chi connectivity index (χ1) is 12.2. The summed E-state index contributed by atoms with van der Waals surface area (Å²) in [6, 6.07) is 7.24. The molecule has 1 fully saturated rings. The van der Waals surface area contributed by atoms with Crippen LogP contribution in [0.1, 0.15) is 32.4 Å². The largest absolute Gasteiger partial charge is 0.490 e. The van der Waals surface area contributed by atoms with E-state index in [1.807, 2.05) is 31.2 Å². The molecule has 0 saturated carbocycles. The first kappa shape index (κ1) is 17.3. The van der Waals surface area contributed by atoms with Crippen molar-refractivity contribution >= 4 is 22.7 Å². The van der Waals surface area contributed by atoms with Crippen molar-refractivity contribution in [2.75, 3.05) is 19.8 Å². The Bertz CT molecular complexity index is 763. The lowest BCUT2D eigenvalue weighted by Crippen LogP contribution is -2.37. The van der Waals surface area contributed by atoms with Crippen LogP contribution in [0, 0.1) is 0 Å². The third kappa shape index (κ3) is 4.30. The summed E-state index contributed by atoms with van der Waals surface area (Å²) in [6.07, 6.45) is 2.12. The molecule has 1 aromatic heterocycles. The van der Waals surface area contributed by atoms with Crippen molar-refractivity contribution in [3.63, 3.8) is 0 Å². The van der Waals surface area contributed by atoms with E-state index in [0.29, 0.717) is 36.0 Å². The molecule has 7 heteroatoms. The molecule has 0 spiro atoms. The first-order valence-corrected chi connectivity index (χ1v) is 8.53. The van der Waals surface area contributed by atoms with Crippen molar-refractivity contribution in [1.29, 1.82) is 0 Å². The van der Waals surface area contributed by atoms with Gasteiger partial charge in [-0.1, -0.05) is 12.1 Å². The van der Waals surface area contributed by atoms with Crippen LogP contribution in [0.4, 0.5) is 4.79 Å². The highest BCUT2D eigenvalue weighted by Gasteiger charge is 2.16. The van der Waals surface area contributed by atoms with Gasteiger partial charge in [0.1, 0.15) is 5.71 Å². The fourth-order valence-electron chi connectivity index (χ4n) is 2.72. The van der Waals surface area contributed by atoms with Gasteiger partial charge in [0.05, 0.1) is 12.7 Å². The number of carbonyl (C=O) groups is 1. The zero-order chi connectivity index (χ0) is 17.6. The Hall–Kier alpha value is -2.54. The molecule has 0 aliphatic carbocycles. The molecule has 1 unspecified atom stereocenters. The van der Waals surface area contributed by atoms with Crippen molar-refractivity contribution in [3.8, 4) is 5.75 Å². The molecule has 1 saturated heterocycles. The average Bonchev–Trinajstić information content (AvgIpc) is 3.28. The van der Waals surface area contributed by atoms with Crippen molar-refractivity contribution in [3.05, 3.63) is 30.0 Å². The van der Waals surface area contributed by atoms with E-state index in [4.69, 9.17) is 13.9 Å². The second kappa shape index (κ2) is 8.02. The van der Waals surface area contributed by atoms with E-state index in [1.54, 1.807) is 6.92 Å². The number of hydrogen-bond donors (Lipinski definition) is 2. The fraction of sp³-hybridized carbons (Fsp3) is 0.444. The summed E-state index contributed by atoms with van der Waals surface area (Å²) in [5.74, 6) is 1.28. The van der Waals surface area contributed by atoms with Crippen LogP contribution in [0.2, 0.25) is 0 Å². The predicted octanol–water partition coefficient (Wildman–Crippen LogP) is 3.03. The molecule has 1 aromatic carbocycles. The first-order valence-electron chi connectivity index (χ1n) is 8.53. The van der Waals surface area contributed by atoms with Gasteiger partial charge in [0.2, 0.25) is 0 Å². The fourth-order valence-corrected chi connectivity index (χ4v) is 2.72. The molecular weight excluding hydrogens is 322 g/mol. The quantitative estimate of drug-likeness (QED) is 0.622. The number of carbonyl (C=O) groups excluding carboxylic acids is 1. The average molecular weight is 345 g/mol. The molecular formula is C18H23N3O4. The molecule has 7 nitrogen and oxygen atoms in total. The summed E-state index contributed by atoms with van der Waals surface area (Å²) in [5.41, 5.74) is 3.73. The van der Waals surface area contributed by atoms with Gasteiger partial charge in [-0.3, -0.25) is 0 Å².